The van der Waals surface area contributed by atoms with E-state index in [0.29, 0.717) is 23.7 Å². The van der Waals surface area contributed by atoms with Crippen molar-refractivity contribution in [3.05, 3.63) is 24.2 Å². The summed E-state index contributed by atoms with van der Waals surface area (Å²) in [6.45, 7) is 9.01. The molecule has 1 aromatic rings. The van der Waals surface area contributed by atoms with Gasteiger partial charge in [0.2, 0.25) is 0 Å². The van der Waals surface area contributed by atoms with E-state index in [1.54, 1.807) is 12.5 Å². The molecule has 2 N–H and O–H groups in total. The highest BCUT2D eigenvalue weighted by Crippen LogP contribution is 2.70. The third-order valence-electron chi connectivity index (χ3n) is 11.7. The number of aliphatic hydroxyl groups excluding tert-OH is 1. The van der Waals surface area contributed by atoms with Crippen LogP contribution in [-0.4, -0.2) is 53.6 Å². The van der Waals surface area contributed by atoms with Crippen molar-refractivity contribution in [1.82, 2.24) is 4.90 Å². The number of rotatable bonds is 5. The molecule has 5 aliphatic rings. The monoisotopic (exact) mass is 471 g/mol. The van der Waals surface area contributed by atoms with Crippen molar-refractivity contribution in [3.63, 3.8) is 0 Å². The number of likely N-dealkylation sites (tertiary alicyclic amines) is 1. The molecule has 9 atom stereocenters. The maximum Gasteiger partial charge on any atom is 0.0983 e. The Bertz CT molecular complexity index is 852. The minimum atomic E-state index is -0.770. The average molecular weight is 472 g/mol. The predicted octanol–water partition coefficient (Wildman–Crippen LogP) is 4.96. The van der Waals surface area contributed by atoms with Crippen LogP contribution >= 0.6 is 0 Å². The number of hydrogen-bond donors (Lipinski definition) is 2. The Morgan fingerprint density at radius 2 is 1.88 bits per heavy atom. The number of nitrogens with zero attached hydrogens (tertiary/aromatic N) is 1. The Hall–Kier alpha value is -0.880. The maximum absolute atomic E-state index is 11.9. The number of fused-ring (bicyclic) bond motifs is 5. The number of ether oxygens (including phenoxy) is 1. The van der Waals surface area contributed by atoms with Gasteiger partial charge in [-0.2, -0.15) is 0 Å². The SMILES string of the molecule is C[C@]12CC(O)C(OCCN3CCCC3)CC1CC[C@@H]1[C@H]2CC[C@@]2(C)[C@H]1CCC2(O)c1ccoc1. The second kappa shape index (κ2) is 8.61. The van der Waals surface area contributed by atoms with Crippen molar-refractivity contribution >= 4 is 0 Å². The van der Waals surface area contributed by atoms with E-state index in [-0.39, 0.29) is 23.0 Å². The van der Waals surface area contributed by atoms with Crippen LogP contribution in [0.2, 0.25) is 0 Å². The van der Waals surface area contributed by atoms with Crippen LogP contribution in [0.3, 0.4) is 0 Å². The van der Waals surface area contributed by atoms with E-state index in [9.17, 15) is 10.2 Å². The standard InChI is InChI=1S/C29H45NO4/c1-27-18-25(31)26(34-16-14-30-12-3-4-13-30)17-20(27)5-6-22-23(27)7-10-28(2)24(22)8-11-29(28,32)21-9-15-33-19-21/h9,15,19-20,22-26,31-32H,3-8,10-14,16-18H2,1-2H3/t20?,22-,23-,24+,25?,26?,27+,28+,29?/m1/s1. The minimum Gasteiger partial charge on any atom is -0.472 e. The lowest BCUT2D eigenvalue weighted by Crippen LogP contribution is -2.58. The van der Waals surface area contributed by atoms with Crippen molar-refractivity contribution in [2.24, 2.45) is 34.5 Å². The Kier molecular flexibility index (Phi) is 5.95. The number of aliphatic hydroxyl groups is 2. The van der Waals surface area contributed by atoms with Crippen molar-refractivity contribution < 1.29 is 19.4 Å². The summed E-state index contributed by atoms with van der Waals surface area (Å²) < 4.78 is 11.7. The summed E-state index contributed by atoms with van der Waals surface area (Å²) in [7, 11) is 0. The van der Waals surface area contributed by atoms with Crippen LogP contribution in [0.25, 0.3) is 0 Å². The van der Waals surface area contributed by atoms with Gasteiger partial charge < -0.3 is 24.3 Å². The second-order valence-corrected chi connectivity index (χ2v) is 13.0. The molecule has 0 aromatic carbocycles. The van der Waals surface area contributed by atoms with Crippen molar-refractivity contribution in [3.8, 4) is 0 Å². The molecule has 5 nitrogen and oxygen atoms in total. The van der Waals surface area contributed by atoms with E-state index in [2.05, 4.69) is 18.7 Å². The fourth-order valence-corrected chi connectivity index (χ4v) is 9.77. The van der Waals surface area contributed by atoms with Crippen molar-refractivity contribution in [1.29, 1.82) is 0 Å². The molecule has 0 spiro atoms. The van der Waals surface area contributed by atoms with Crippen LogP contribution in [0.5, 0.6) is 0 Å². The van der Waals surface area contributed by atoms with Gasteiger partial charge in [-0.25, -0.2) is 0 Å². The molecule has 34 heavy (non-hydrogen) atoms. The fourth-order valence-electron chi connectivity index (χ4n) is 9.77. The summed E-state index contributed by atoms with van der Waals surface area (Å²) >= 11 is 0. The van der Waals surface area contributed by atoms with Crippen LogP contribution in [0.15, 0.2) is 23.0 Å². The molecule has 0 bridgehead atoms. The van der Waals surface area contributed by atoms with E-state index in [1.807, 2.05) is 6.07 Å². The molecule has 5 heteroatoms. The Morgan fingerprint density at radius 1 is 1.09 bits per heavy atom. The summed E-state index contributed by atoms with van der Waals surface area (Å²) in [4.78, 5) is 2.50. The van der Waals surface area contributed by atoms with Crippen LogP contribution in [0.4, 0.5) is 0 Å². The number of hydrogen-bond acceptors (Lipinski definition) is 5. The van der Waals surface area contributed by atoms with Gasteiger partial charge in [0.15, 0.2) is 0 Å². The van der Waals surface area contributed by atoms with Crippen LogP contribution in [0, 0.1) is 34.5 Å². The Morgan fingerprint density at radius 3 is 2.65 bits per heavy atom. The first-order valence-electron chi connectivity index (χ1n) is 14.1. The zero-order valence-corrected chi connectivity index (χ0v) is 21.3. The quantitative estimate of drug-likeness (QED) is 0.635. The van der Waals surface area contributed by atoms with E-state index in [4.69, 9.17) is 9.15 Å². The molecule has 6 rings (SSSR count). The zero-order chi connectivity index (χ0) is 23.6. The largest absolute Gasteiger partial charge is 0.472 e. The van der Waals surface area contributed by atoms with E-state index >= 15 is 0 Å². The summed E-state index contributed by atoms with van der Waals surface area (Å²) in [5.74, 6) is 2.50. The third kappa shape index (κ3) is 3.48. The maximum atomic E-state index is 11.9. The van der Waals surface area contributed by atoms with Gasteiger partial charge in [-0.15, -0.1) is 0 Å². The van der Waals surface area contributed by atoms with Crippen LogP contribution < -0.4 is 0 Å². The lowest BCUT2D eigenvalue weighted by Gasteiger charge is -2.62. The van der Waals surface area contributed by atoms with E-state index < -0.39 is 5.60 Å². The molecule has 4 aliphatic carbocycles. The fraction of sp³-hybridized carbons (Fsp3) is 0.862. The Labute approximate surface area is 205 Å². The highest BCUT2D eigenvalue weighted by Gasteiger charge is 2.65. The van der Waals surface area contributed by atoms with Gasteiger partial charge in [0.25, 0.3) is 0 Å². The molecular weight excluding hydrogens is 426 g/mol. The lowest BCUT2D eigenvalue weighted by atomic mass is 9.44. The zero-order valence-electron chi connectivity index (χ0n) is 21.3. The molecule has 0 amide bonds. The van der Waals surface area contributed by atoms with Gasteiger partial charge in [0.1, 0.15) is 0 Å². The highest BCUT2D eigenvalue weighted by molar-refractivity contribution is 5.26. The topological polar surface area (TPSA) is 66.1 Å². The van der Waals surface area contributed by atoms with Crippen LogP contribution in [0.1, 0.15) is 83.6 Å². The second-order valence-electron chi connectivity index (χ2n) is 13.0. The van der Waals surface area contributed by atoms with Crippen molar-refractivity contribution in [2.75, 3.05) is 26.2 Å². The molecular formula is C29H45NO4. The smallest absolute Gasteiger partial charge is 0.0983 e. The molecule has 190 valence electrons. The summed E-state index contributed by atoms with van der Waals surface area (Å²) in [5, 5.41) is 23.1. The molecule has 1 aliphatic heterocycles. The molecule has 1 saturated heterocycles. The third-order valence-corrected chi connectivity index (χ3v) is 11.7. The van der Waals surface area contributed by atoms with Gasteiger partial charge in [-0.1, -0.05) is 13.8 Å². The molecule has 2 heterocycles. The van der Waals surface area contributed by atoms with Gasteiger partial charge in [-0.05, 0) is 112 Å². The number of furan rings is 1. The van der Waals surface area contributed by atoms with E-state index in [1.165, 1.54) is 38.8 Å². The lowest BCUT2D eigenvalue weighted by molar-refractivity contribution is -0.186. The molecule has 1 aromatic heterocycles. The predicted molar refractivity (Wildman–Crippen MR) is 131 cm³/mol. The van der Waals surface area contributed by atoms with Gasteiger partial charge in [-0.3, -0.25) is 0 Å². The summed E-state index contributed by atoms with van der Waals surface area (Å²) in [5.41, 5.74) is 0.302. The van der Waals surface area contributed by atoms with Gasteiger partial charge in [0, 0.05) is 17.5 Å². The van der Waals surface area contributed by atoms with Gasteiger partial charge in [0.05, 0.1) is 36.9 Å². The molecule has 0 radical (unpaired) electrons. The highest BCUT2D eigenvalue weighted by atomic mass is 16.5. The summed E-state index contributed by atoms with van der Waals surface area (Å²) in [6, 6.07) is 1.97. The minimum absolute atomic E-state index is 0.00347. The normalized spacial score (nSPS) is 48.9. The first-order valence-corrected chi connectivity index (χ1v) is 14.1. The molecule has 4 unspecified atom stereocenters. The molecule has 5 fully saturated rings. The van der Waals surface area contributed by atoms with Crippen LogP contribution in [-0.2, 0) is 10.3 Å². The van der Waals surface area contributed by atoms with Gasteiger partial charge >= 0.3 is 0 Å². The molecule has 4 saturated carbocycles. The Balaban J connectivity index is 1.15. The summed E-state index contributed by atoms with van der Waals surface area (Å²) in [6.07, 6.45) is 14.3. The van der Waals surface area contributed by atoms with Crippen molar-refractivity contribution in [2.45, 2.75) is 95.9 Å². The average Bonchev–Trinajstić information content (AvgIpc) is 3.56. The first-order chi connectivity index (χ1) is 16.3. The first kappa shape index (κ1) is 23.5. The van der Waals surface area contributed by atoms with E-state index in [0.717, 1.165) is 57.2 Å².